The van der Waals surface area contributed by atoms with Crippen LogP contribution in [0.25, 0.3) is 0 Å². The van der Waals surface area contributed by atoms with Gasteiger partial charge in [-0.2, -0.15) is 5.26 Å². The standard InChI is InChI=1S/C19H20N2O2S/c1-13-7-8-15-16(12-20)19(24-17(15)11-13)21-18(22)9-10-23-14-5-3-2-4-6-14/h2-6,13H,7-11H2,1H3,(H,21,22). The van der Waals surface area contributed by atoms with Crippen LogP contribution in [0.15, 0.2) is 30.3 Å². The van der Waals surface area contributed by atoms with Gasteiger partial charge in [0.2, 0.25) is 5.91 Å². The maximum Gasteiger partial charge on any atom is 0.228 e. The molecule has 0 saturated heterocycles. The van der Waals surface area contributed by atoms with Crippen LogP contribution in [-0.4, -0.2) is 12.5 Å². The molecule has 2 aromatic rings. The Kier molecular flexibility index (Phi) is 5.17. The molecule has 124 valence electrons. The number of fused-ring (bicyclic) bond motifs is 1. The van der Waals surface area contributed by atoms with Crippen molar-refractivity contribution in [3.8, 4) is 11.8 Å². The largest absolute Gasteiger partial charge is 0.493 e. The number of hydrogen-bond donors (Lipinski definition) is 1. The van der Waals surface area contributed by atoms with Gasteiger partial charge in [0.25, 0.3) is 0 Å². The SMILES string of the molecule is CC1CCc2c(sc(NC(=O)CCOc3ccccc3)c2C#N)C1. The molecule has 1 amide bonds. The fraction of sp³-hybridized carbons (Fsp3) is 0.368. The monoisotopic (exact) mass is 340 g/mol. The number of nitriles is 1. The molecule has 1 aliphatic rings. The van der Waals surface area contributed by atoms with E-state index >= 15 is 0 Å². The van der Waals surface area contributed by atoms with Crippen molar-refractivity contribution in [2.45, 2.75) is 32.6 Å². The summed E-state index contributed by atoms with van der Waals surface area (Å²) in [4.78, 5) is 13.4. The zero-order valence-electron chi connectivity index (χ0n) is 13.7. The molecule has 0 spiro atoms. The van der Waals surface area contributed by atoms with E-state index in [4.69, 9.17) is 4.74 Å². The van der Waals surface area contributed by atoms with Crippen LogP contribution in [0.1, 0.15) is 35.8 Å². The topological polar surface area (TPSA) is 62.1 Å². The van der Waals surface area contributed by atoms with Gasteiger partial charge < -0.3 is 10.1 Å². The molecular formula is C19H20N2O2S. The number of ether oxygens (including phenoxy) is 1. The average molecular weight is 340 g/mol. The third-order valence-corrected chi connectivity index (χ3v) is 5.39. The summed E-state index contributed by atoms with van der Waals surface area (Å²) in [6.07, 6.45) is 3.31. The van der Waals surface area contributed by atoms with E-state index in [0.717, 1.165) is 30.6 Å². The van der Waals surface area contributed by atoms with Crippen LogP contribution in [0.2, 0.25) is 0 Å². The van der Waals surface area contributed by atoms with E-state index in [1.807, 2.05) is 30.3 Å². The van der Waals surface area contributed by atoms with Crippen LogP contribution in [-0.2, 0) is 17.6 Å². The zero-order valence-corrected chi connectivity index (χ0v) is 14.5. The zero-order chi connectivity index (χ0) is 16.9. The average Bonchev–Trinajstić information content (AvgIpc) is 2.91. The molecule has 0 saturated carbocycles. The van der Waals surface area contributed by atoms with Gasteiger partial charge in [0, 0.05) is 4.88 Å². The van der Waals surface area contributed by atoms with Gasteiger partial charge in [-0.3, -0.25) is 4.79 Å². The number of benzene rings is 1. The summed E-state index contributed by atoms with van der Waals surface area (Å²) >= 11 is 1.55. The lowest BCUT2D eigenvalue weighted by Crippen LogP contribution is -2.15. The number of rotatable bonds is 5. The molecule has 1 atom stereocenters. The smallest absolute Gasteiger partial charge is 0.228 e. The minimum Gasteiger partial charge on any atom is -0.493 e. The number of para-hydroxylation sites is 1. The minimum atomic E-state index is -0.117. The van der Waals surface area contributed by atoms with E-state index in [2.05, 4.69) is 18.3 Å². The second kappa shape index (κ2) is 7.50. The maximum atomic E-state index is 12.2. The summed E-state index contributed by atoms with van der Waals surface area (Å²) in [5.41, 5.74) is 1.79. The Morgan fingerprint density at radius 2 is 2.21 bits per heavy atom. The predicted molar refractivity (Wildman–Crippen MR) is 95.4 cm³/mol. The second-order valence-electron chi connectivity index (χ2n) is 6.13. The summed E-state index contributed by atoms with van der Waals surface area (Å²) < 4.78 is 5.54. The number of nitrogens with zero attached hydrogens (tertiary/aromatic N) is 1. The van der Waals surface area contributed by atoms with E-state index in [0.29, 0.717) is 23.1 Å². The van der Waals surface area contributed by atoms with Gasteiger partial charge >= 0.3 is 0 Å². The molecule has 1 aromatic carbocycles. The summed E-state index contributed by atoms with van der Waals surface area (Å²) in [5.74, 6) is 1.28. The van der Waals surface area contributed by atoms with E-state index in [1.54, 1.807) is 11.3 Å². The Bertz CT molecular complexity index is 762. The first-order valence-corrected chi connectivity index (χ1v) is 9.01. The number of hydrogen-bond acceptors (Lipinski definition) is 4. The van der Waals surface area contributed by atoms with E-state index in [9.17, 15) is 10.1 Å². The summed E-state index contributed by atoms with van der Waals surface area (Å²) in [5, 5.41) is 13.0. The normalized spacial score (nSPS) is 16.1. The highest BCUT2D eigenvalue weighted by Crippen LogP contribution is 2.39. The predicted octanol–water partition coefficient (Wildman–Crippen LogP) is 4.15. The molecule has 5 heteroatoms. The molecule has 0 radical (unpaired) electrons. The van der Waals surface area contributed by atoms with Gasteiger partial charge in [-0.15, -0.1) is 11.3 Å². The summed E-state index contributed by atoms with van der Waals surface area (Å²) in [6.45, 7) is 2.55. The third kappa shape index (κ3) is 3.77. The van der Waals surface area contributed by atoms with Gasteiger partial charge in [-0.25, -0.2) is 0 Å². The highest BCUT2D eigenvalue weighted by Gasteiger charge is 2.24. The second-order valence-corrected chi connectivity index (χ2v) is 7.23. The lowest BCUT2D eigenvalue weighted by molar-refractivity contribution is -0.116. The Morgan fingerprint density at radius 3 is 2.96 bits per heavy atom. The van der Waals surface area contributed by atoms with Crippen molar-refractivity contribution >= 4 is 22.2 Å². The molecule has 0 bridgehead atoms. The molecule has 1 heterocycles. The molecule has 1 aliphatic carbocycles. The fourth-order valence-corrected chi connectivity index (χ4v) is 4.30. The Labute approximate surface area is 146 Å². The van der Waals surface area contributed by atoms with Crippen LogP contribution in [0, 0.1) is 17.2 Å². The van der Waals surface area contributed by atoms with Gasteiger partial charge in [-0.05, 0) is 42.9 Å². The molecule has 3 rings (SSSR count). The Balaban J connectivity index is 1.59. The number of carbonyl (C=O) groups is 1. The van der Waals surface area contributed by atoms with Gasteiger partial charge in [0.05, 0.1) is 18.6 Å². The molecule has 1 unspecified atom stereocenters. The molecule has 0 aliphatic heterocycles. The fourth-order valence-electron chi connectivity index (χ4n) is 2.92. The van der Waals surface area contributed by atoms with E-state index in [-0.39, 0.29) is 12.3 Å². The number of thiophene rings is 1. The summed E-state index contributed by atoms with van der Waals surface area (Å²) in [7, 11) is 0. The maximum absolute atomic E-state index is 12.2. The van der Waals surface area contributed by atoms with Crippen molar-refractivity contribution < 1.29 is 9.53 Å². The molecule has 24 heavy (non-hydrogen) atoms. The molecule has 4 nitrogen and oxygen atoms in total. The number of carbonyl (C=O) groups excluding carboxylic acids is 1. The molecule has 1 aromatic heterocycles. The number of anilines is 1. The molecule has 0 fully saturated rings. The number of amides is 1. The highest BCUT2D eigenvalue weighted by atomic mass is 32.1. The van der Waals surface area contributed by atoms with Crippen molar-refractivity contribution in [2.24, 2.45) is 5.92 Å². The molecule has 1 N–H and O–H groups in total. The third-order valence-electron chi connectivity index (χ3n) is 4.22. The van der Waals surface area contributed by atoms with Crippen LogP contribution in [0.3, 0.4) is 0 Å². The molecular weight excluding hydrogens is 320 g/mol. The van der Waals surface area contributed by atoms with Crippen molar-refractivity contribution in [3.63, 3.8) is 0 Å². The van der Waals surface area contributed by atoms with Crippen LogP contribution in [0.5, 0.6) is 5.75 Å². The van der Waals surface area contributed by atoms with Crippen molar-refractivity contribution in [3.05, 3.63) is 46.3 Å². The lowest BCUT2D eigenvalue weighted by Gasteiger charge is -2.17. The number of nitrogens with one attached hydrogen (secondary N) is 1. The van der Waals surface area contributed by atoms with Crippen molar-refractivity contribution in [2.75, 3.05) is 11.9 Å². The van der Waals surface area contributed by atoms with Crippen LogP contribution in [0.4, 0.5) is 5.00 Å². The lowest BCUT2D eigenvalue weighted by atomic mass is 9.89. The van der Waals surface area contributed by atoms with E-state index < -0.39 is 0 Å². The minimum absolute atomic E-state index is 0.117. The van der Waals surface area contributed by atoms with Gasteiger partial charge in [0.15, 0.2) is 0 Å². The van der Waals surface area contributed by atoms with Gasteiger partial charge in [0.1, 0.15) is 16.8 Å². The Morgan fingerprint density at radius 1 is 1.42 bits per heavy atom. The first kappa shape index (κ1) is 16.5. The van der Waals surface area contributed by atoms with Crippen LogP contribution >= 0.6 is 11.3 Å². The van der Waals surface area contributed by atoms with Crippen molar-refractivity contribution in [1.82, 2.24) is 0 Å². The first-order valence-electron chi connectivity index (χ1n) is 8.19. The van der Waals surface area contributed by atoms with Crippen LogP contribution < -0.4 is 10.1 Å². The quantitative estimate of drug-likeness (QED) is 0.889. The first-order chi connectivity index (χ1) is 11.7. The Hall–Kier alpha value is -2.32. The summed E-state index contributed by atoms with van der Waals surface area (Å²) in [6, 6.07) is 11.7. The van der Waals surface area contributed by atoms with Gasteiger partial charge in [-0.1, -0.05) is 25.1 Å². The van der Waals surface area contributed by atoms with E-state index in [1.165, 1.54) is 4.88 Å². The van der Waals surface area contributed by atoms with Crippen molar-refractivity contribution in [1.29, 1.82) is 5.26 Å². The highest BCUT2D eigenvalue weighted by molar-refractivity contribution is 7.16.